The van der Waals surface area contributed by atoms with Crippen LogP contribution in [0.1, 0.15) is 44.9 Å². The van der Waals surface area contributed by atoms with Crippen LogP contribution in [0.15, 0.2) is 41.1 Å². The Kier molecular flexibility index (Phi) is 9.72. The van der Waals surface area contributed by atoms with Gasteiger partial charge in [0.05, 0.1) is 23.8 Å². The Morgan fingerprint density at radius 3 is 2.67 bits per heavy atom. The van der Waals surface area contributed by atoms with Gasteiger partial charge in [-0.25, -0.2) is 9.78 Å². The minimum atomic E-state index is -5.02. The minimum absolute atomic E-state index is 0.0664. The van der Waals surface area contributed by atoms with Crippen molar-refractivity contribution in [1.29, 1.82) is 0 Å². The largest absolute Gasteiger partial charge is 0.485 e. The summed E-state index contributed by atoms with van der Waals surface area (Å²) >= 11 is 0.973. The average Bonchev–Trinajstić information content (AvgIpc) is 3.64. The number of carbonyl (C=O) groups excluding carboxylic acids is 2. The molecule has 0 spiro atoms. The van der Waals surface area contributed by atoms with Gasteiger partial charge in [0, 0.05) is 5.38 Å². The van der Waals surface area contributed by atoms with Crippen molar-refractivity contribution in [2.45, 2.75) is 69.9 Å². The number of carbonyl (C=O) groups is 3. The smallest absolute Gasteiger partial charge is 0.418 e. The van der Waals surface area contributed by atoms with E-state index in [0.29, 0.717) is 23.8 Å². The number of carboxylic acid groups (broad SMARTS) is 1. The van der Waals surface area contributed by atoms with E-state index in [1.165, 1.54) is 26.2 Å². The summed E-state index contributed by atoms with van der Waals surface area (Å²) in [6.07, 6.45) is 4.54. The minimum Gasteiger partial charge on any atom is -0.485 e. The molecule has 3 aromatic rings. The Bertz CT molecular complexity index is 1920. The molecule has 1 fully saturated rings. The molecule has 0 aliphatic carbocycles. The summed E-state index contributed by atoms with van der Waals surface area (Å²) in [7, 11) is -3.08. The zero-order valence-corrected chi connectivity index (χ0v) is 28.7. The zero-order chi connectivity index (χ0) is 35.9. The van der Waals surface area contributed by atoms with E-state index in [1.807, 2.05) is 36.3 Å². The molecule has 5 rings (SSSR count). The number of amides is 2. The summed E-state index contributed by atoms with van der Waals surface area (Å²) in [5.41, 5.74) is 10.2. The van der Waals surface area contributed by atoms with Gasteiger partial charge in [-0.15, -0.1) is 20.3 Å². The van der Waals surface area contributed by atoms with Crippen LogP contribution in [-0.4, -0.2) is 86.1 Å². The van der Waals surface area contributed by atoms with Gasteiger partial charge in [0.25, 0.3) is 17.4 Å². The lowest BCUT2D eigenvalue weighted by Crippen LogP contribution is -2.76. The molecule has 264 valence electrons. The van der Waals surface area contributed by atoms with Crippen molar-refractivity contribution in [2.75, 3.05) is 12.3 Å². The van der Waals surface area contributed by atoms with E-state index in [9.17, 15) is 27.9 Å². The van der Waals surface area contributed by atoms with Gasteiger partial charge in [-0.2, -0.15) is 18.2 Å². The Hall–Kier alpha value is -4.63. The normalized spacial score (nSPS) is 20.1. The molecule has 0 bridgehead atoms. The van der Waals surface area contributed by atoms with Crippen LogP contribution >= 0.6 is 11.3 Å². The van der Waals surface area contributed by atoms with Crippen LogP contribution in [0.25, 0.3) is 11.1 Å². The summed E-state index contributed by atoms with van der Waals surface area (Å²) in [4.78, 5) is 48.4. The quantitative estimate of drug-likeness (QED) is 0.0519. The number of aliphatic carboxylic acids is 1. The monoisotopic (exact) mass is 721 g/mol. The van der Waals surface area contributed by atoms with Crippen LogP contribution in [0.2, 0.25) is 0 Å². The van der Waals surface area contributed by atoms with Gasteiger partial charge in [-0.3, -0.25) is 14.1 Å². The molecule has 0 radical (unpaired) electrons. The molecule has 18 nitrogen and oxygen atoms in total. The lowest BCUT2D eigenvalue weighted by molar-refractivity contribution is -0.753. The van der Waals surface area contributed by atoms with Crippen molar-refractivity contribution in [2.24, 2.45) is 17.9 Å². The molecule has 4 heterocycles. The molecule has 3 atom stereocenters. The maximum Gasteiger partial charge on any atom is 0.418 e. The van der Waals surface area contributed by atoms with Gasteiger partial charge in [0.2, 0.25) is 6.20 Å². The van der Waals surface area contributed by atoms with Crippen LogP contribution in [0, 0.1) is 0 Å². The van der Waals surface area contributed by atoms with E-state index in [1.54, 1.807) is 6.07 Å². The zero-order valence-electron chi connectivity index (χ0n) is 27.0. The number of aromatic nitrogens is 3. The molecule has 0 unspecified atom stereocenters. The maximum atomic E-state index is 13.5. The summed E-state index contributed by atoms with van der Waals surface area (Å²) in [6, 6.07) is 4.31. The number of thiazole rings is 1. The summed E-state index contributed by atoms with van der Waals surface area (Å²) in [6.45, 7) is 5.38. The number of nitrogens with one attached hydrogen (secondary N) is 1. The van der Waals surface area contributed by atoms with Crippen LogP contribution in [0.3, 0.4) is 0 Å². The van der Waals surface area contributed by atoms with Crippen LogP contribution in [0.4, 0.5) is 5.13 Å². The number of ether oxygens (including phenoxy) is 1. The fourth-order valence-corrected chi connectivity index (χ4v) is 6.54. The average molecular weight is 722 g/mol. The number of nitrogens with zero attached hydrogens (tertiary/aromatic N) is 5. The highest BCUT2D eigenvalue weighted by atomic mass is 32.3. The number of aryl methyl sites for hydroxylation is 3. The first-order valence-electron chi connectivity index (χ1n) is 15.0. The summed E-state index contributed by atoms with van der Waals surface area (Å²) in [5.74, 6) is -2.94. The number of nitrogen functional groups attached to an aromatic ring is 1. The van der Waals surface area contributed by atoms with Gasteiger partial charge < -0.3 is 31.5 Å². The van der Waals surface area contributed by atoms with Crippen molar-refractivity contribution in [3.8, 4) is 16.9 Å². The van der Waals surface area contributed by atoms with E-state index in [-0.39, 0.29) is 17.2 Å². The second-order valence-corrected chi connectivity index (χ2v) is 14.2. The van der Waals surface area contributed by atoms with E-state index >= 15 is 0 Å². The molecule has 2 aliphatic rings. The second kappa shape index (κ2) is 13.3. The van der Waals surface area contributed by atoms with Crippen molar-refractivity contribution in [3.63, 3.8) is 0 Å². The molecular formula is C29H37N8O10S2+. The number of hydrogen-bond donors (Lipinski definition) is 5. The number of benzene rings is 1. The number of hydroxylamine groups is 2. The highest BCUT2D eigenvalue weighted by Gasteiger charge is 2.58. The lowest BCUT2D eigenvalue weighted by atomic mass is 9.84. The Morgan fingerprint density at radius 2 is 2.06 bits per heavy atom. The van der Waals surface area contributed by atoms with E-state index in [2.05, 4.69) is 24.4 Å². The number of rotatable bonds is 13. The highest BCUT2D eigenvalue weighted by molar-refractivity contribution is 7.80. The molecule has 1 saturated heterocycles. The Labute approximate surface area is 285 Å². The molecule has 1 aromatic carbocycles. The van der Waals surface area contributed by atoms with Gasteiger partial charge in [-0.05, 0) is 69.8 Å². The molecule has 2 amide bonds. The third-order valence-electron chi connectivity index (χ3n) is 8.42. The van der Waals surface area contributed by atoms with Gasteiger partial charge in [0.15, 0.2) is 24.0 Å². The first-order valence-corrected chi connectivity index (χ1v) is 17.3. The fraction of sp³-hybridized carbons (Fsp3) is 0.448. The molecule has 20 heteroatoms. The van der Waals surface area contributed by atoms with Crippen molar-refractivity contribution >= 4 is 50.4 Å². The third-order valence-corrected chi connectivity index (χ3v) is 9.43. The molecule has 7 N–H and O–H groups in total. The Balaban J connectivity index is 1.36. The number of carboxylic acids is 1. The van der Waals surface area contributed by atoms with Crippen LogP contribution in [-0.2, 0) is 53.9 Å². The topological polar surface area (TPSA) is 255 Å². The number of hydrogen-bond acceptors (Lipinski definition) is 13. The van der Waals surface area contributed by atoms with Crippen molar-refractivity contribution < 1.29 is 51.0 Å². The maximum absolute atomic E-state index is 13.5. The Morgan fingerprint density at radius 1 is 1.33 bits per heavy atom. The molecular weight excluding hydrogens is 684 g/mol. The number of oxime groups is 1. The highest BCUT2D eigenvalue weighted by Crippen LogP contribution is 2.37. The summed E-state index contributed by atoms with van der Waals surface area (Å²) in [5, 5.41) is 18.5. The number of anilines is 1. The lowest BCUT2D eigenvalue weighted by Gasteiger charge is -2.50. The van der Waals surface area contributed by atoms with Gasteiger partial charge in [-0.1, -0.05) is 11.2 Å². The number of β-lactam (4-membered cyclic amide) rings is 1. The standard InChI is InChI=1S/C29H36N8O10S2/c1-28(2)23(25(39)37(28)47-49(42,43)44)33-24(38)22(19-15-48-27(31)32-19)34-46-29(3,26(40)41)21-9-7-17-12-16(6-8-20(17)45-21)18-13-35(4)36(14-18)11-5-10-30/h6,8,12-15,21,23H,5,7,9-11,30H2,1-4H3,(H4-,31,32,33,38,40,41,42,43,44)/p+1/b34-22-/t21-,23+,29-/m0/s1. The number of nitrogens with two attached hydrogens (primary N) is 2. The van der Waals surface area contributed by atoms with E-state index < -0.39 is 57.2 Å². The first-order chi connectivity index (χ1) is 22.9. The van der Waals surface area contributed by atoms with E-state index in [4.69, 9.17) is 25.6 Å². The molecule has 49 heavy (non-hydrogen) atoms. The van der Waals surface area contributed by atoms with Crippen molar-refractivity contribution in [1.82, 2.24) is 20.0 Å². The predicted molar refractivity (Wildman–Crippen MR) is 173 cm³/mol. The molecule has 2 aliphatic heterocycles. The SMILES string of the molecule is C[n+]1cc(-c2ccc3c(c2)CC[C@@H]([C@](C)(O/N=C(\C(=O)N[C@@H]2C(=O)N(OS(=O)(=O)O)C2(C)C)c2csc(N)n2)C(=O)O)O3)cn1CCCN. The second-order valence-electron chi connectivity index (χ2n) is 12.3. The third kappa shape index (κ3) is 7.22. The van der Waals surface area contributed by atoms with Gasteiger partial charge in [0.1, 0.15) is 17.5 Å². The molecule has 2 aromatic heterocycles. The van der Waals surface area contributed by atoms with Gasteiger partial charge >= 0.3 is 16.4 Å². The number of fused-ring (bicyclic) bond motifs is 1. The van der Waals surface area contributed by atoms with Crippen molar-refractivity contribution in [3.05, 3.63) is 47.2 Å². The first kappa shape index (κ1) is 35.7. The fourth-order valence-electron chi connectivity index (χ4n) is 5.54. The van der Waals surface area contributed by atoms with E-state index in [0.717, 1.165) is 41.0 Å². The van der Waals surface area contributed by atoms with Crippen LogP contribution < -0.4 is 26.2 Å². The van der Waals surface area contributed by atoms with Crippen LogP contribution in [0.5, 0.6) is 5.75 Å². The predicted octanol–water partition coefficient (Wildman–Crippen LogP) is 0.165. The summed E-state index contributed by atoms with van der Waals surface area (Å²) < 4.78 is 45.9. The molecule has 0 saturated carbocycles.